The van der Waals surface area contributed by atoms with Gasteiger partial charge in [0.05, 0.1) is 6.54 Å². The van der Waals surface area contributed by atoms with Crippen molar-refractivity contribution in [2.45, 2.75) is 45.6 Å². The van der Waals surface area contributed by atoms with Gasteiger partial charge < -0.3 is 10.6 Å². The lowest BCUT2D eigenvalue weighted by Crippen LogP contribution is -2.40. The molecule has 1 rings (SSSR count). The number of nitrogens with one attached hydrogen (secondary N) is 2. The third kappa shape index (κ3) is 6.36. The molecular weight excluding hydrogens is 226 g/mol. The van der Waals surface area contributed by atoms with Crippen molar-refractivity contribution in [3.8, 4) is 0 Å². The van der Waals surface area contributed by atoms with Gasteiger partial charge in [0.15, 0.2) is 0 Å². The van der Waals surface area contributed by atoms with Crippen LogP contribution in [-0.2, 0) is 4.79 Å². The van der Waals surface area contributed by atoms with Crippen LogP contribution in [0.1, 0.15) is 39.5 Å². The first-order chi connectivity index (χ1) is 8.61. The molecule has 18 heavy (non-hydrogen) atoms. The molecule has 1 saturated heterocycles. The summed E-state index contributed by atoms with van der Waals surface area (Å²) >= 11 is 0. The van der Waals surface area contributed by atoms with Crippen molar-refractivity contribution in [2.24, 2.45) is 5.92 Å². The van der Waals surface area contributed by atoms with Crippen LogP contribution in [0.4, 0.5) is 0 Å². The highest BCUT2D eigenvalue weighted by molar-refractivity contribution is 5.78. The van der Waals surface area contributed by atoms with Crippen LogP contribution in [0.3, 0.4) is 0 Å². The molecule has 0 aliphatic carbocycles. The van der Waals surface area contributed by atoms with Gasteiger partial charge in [0.2, 0.25) is 5.91 Å². The topological polar surface area (TPSA) is 44.4 Å². The second kappa shape index (κ2) is 8.48. The lowest BCUT2D eigenvalue weighted by atomic mass is 9.94. The van der Waals surface area contributed by atoms with Gasteiger partial charge >= 0.3 is 0 Å². The number of amides is 1. The summed E-state index contributed by atoms with van der Waals surface area (Å²) in [6.45, 7) is 8.00. The first kappa shape index (κ1) is 15.4. The zero-order valence-corrected chi connectivity index (χ0v) is 12.2. The second-order valence-corrected chi connectivity index (χ2v) is 5.60. The smallest absolute Gasteiger partial charge is 0.234 e. The molecule has 1 amide bonds. The van der Waals surface area contributed by atoms with E-state index in [4.69, 9.17) is 0 Å². The zero-order chi connectivity index (χ0) is 13.4. The average Bonchev–Trinajstić information content (AvgIpc) is 2.37. The monoisotopic (exact) mass is 255 g/mol. The van der Waals surface area contributed by atoms with E-state index in [1.165, 1.54) is 19.3 Å². The number of carbonyl (C=O) groups excluding carboxylic acids is 1. The highest BCUT2D eigenvalue weighted by Crippen LogP contribution is 2.15. The van der Waals surface area contributed by atoms with Crippen LogP contribution in [-0.4, -0.2) is 50.1 Å². The van der Waals surface area contributed by atoms with E-state index in [2.05, 4.69) is 22.5 Å². The molecule has 0 saturated carbocycles. The number of rotatable bonds is 7. The summed E-state index contributed by atoms with van der Waals surface area (Å²) < 4.78 is 0. The van der Waals surface area contributed by atoms with Gasteiger partial charge in [0.25, 0.3) is 0 Å². The predicted molar refractivity (Wildman–Crippen MR) is 75.6 cm³/mol. The van der Waals surface area contributed by atoms with Gasteiger partial charge in [-0.3, -0.25) is 9.69 Å². The maximum absolute atomic E-state index is 11.7. The lowest BCUT2D eigenvalue weighted by Gasteiger charge is -2.25. The Morgan fingerprint density at radius 3 is 2.72 bits per heavy atom. The Balaban J connectivity index is 2.12. The Morgan fingerprint density at radius 1 is 1.44 bits per heavy atom. The Morgan fingerprint density at radius 2 is 2.11 bits per heavy atom. The number of hydrogen-bond donors (Lipinski definition) is 2. The Bertz CT molecular complexity index is 239. The summed E-state index contributed by atoms with van der Waals surface area (Å²) in [6.07, 6.45) is 4.78. The molecule has 2 N–H and O–H groups in total. The fourth-order valence-electron chi connectivity index (χ4n) is 2.32. The van der Waals surface area contributed by atoms with Crippen LogP contribution in [0.2, 0.25) is 0 Å². The summed E-state index contributed by atoms with van der Waals surface area (Å²) in [6, 6.07) is 0.287. The minimum Gasteiger partial charge on any atom is -0.353 e. The third-order valence-corrected chi connectivity index (χ3v) is 3.81. The summed E-state index contributed by atoms with van der Waals surface area (Å²) in [7, 11) is 2.04. The number of nitrogens with zero attached hydrogens (tertiary/aromatic N) is 1. The number of carbonyl (C=O) groups is 1. The summed E-state index contributed by atoms with van der Waals surface area (Å²) in [5.74, 6) is 0.989. The molecular formula is C14H29N3O. The van der Waals surface area contributed by atoms with Crippen molar-refractivity contribution >= 4 is 5.91 Å². The maximum Gasteiger partial charge on any atom is 0.234 e. The van der Waals surface area contributed by atoms with Gasteiger partial charge in [-0.1, -0.05) is 6.92 Å². The molecule has 106 valence electrons. The molecule has 1 aliphatic rings. The van der Waals surface area contributed by atoms with Crippen molar-refractivity contribution in [1.29, 1.82) is 0 Å². The van der Waals surface area contributed by atoms with E-state index in [1.807, 2.05) is 14.0 Å². The van der Waals surface area contributed by atoms with Crippen LogP contribution in [0.5, 0.6) is 0 Å². The minimum absolute atomic E-state index is 0.150. The Hall–Kier alpha value is -0.610. The molecule has 1 unspecified atom stereocenters. The van der Waals surface area contributed by atoms with Gasteiger partial charge in [-0.2, -0.15) is 0 Å². The van der Waals surface area contributed by atoms with E-state index >= 15 is 0 Å². The largest absolute Gasteiger partial charge is 0.353 e. The summed E-state index contributed by atoms with van der Waals surface area (Å²) in [5, 5.41) is 6.39. The van der Waals surface area contributed by atoms with Gasteiger partial charge in [0, 0.05) is 6.04 Å². The first-order valence-electron chi connectivity index (χ1n) is 7.30. The van der Waals surface area contributed by atoms with Crippen LogP contribution >= 0.6 is 0 Å². The van der Waals surface area contributed by atoms with Crippen LogP contribution in [0.15, 0.2) is 0 Å². The number of hydrogen-bond acceptors (Lipinski definition) is 3. The van der Waals surface area contributed by atoms with Crippen molar-refractivity contribution in [1.82, 2.24) is 15.5 Å². The fraction of sp³-hybridized carbons (Fsp3) is 0.929. The molecule has 0 aromatic heterocycles. The van der Waals surface area contributed by atoms with E-state index in [9.17, 15) is 4.79 Å². The number of piperidine rings is 1. The van der Waals surface area contributed by atoms with E-state index in [-0.39, 0.29) is 11.9 Å². The molecule has 1 fully saturated rings. The average molecular weight is 255 g/mol. The fourth-order valence-corrected chi connectivity index (χ4v) is 2.32. The molecule has 4 heteroatoms. The molecule has 0 radical (unpaired) electrons. The molecule has 4 nitrogen and oxygen atoms in total. The van der Waals surface area contributed by atoms with Crippen LogP contribution < -0.4 is 10.6 Å². The highest BCUT2D eigenvalue weighted by Gasteiger charge is 2.14. The Labute approximate surface area is 111 Å². The van der Waals surface area contributed by atoms with Crippen molar-refractivity contribution in [2.75, 3.05) is 33.2 Å². The standard InChI is InChI=1S/C14H29N3O/c1-4-12(2)16-14(18)11-17(3)10-7-13-5-8-15-9-6-13/h12-13,15H,4-11H2,1-3H3,(H,16,18). The maximum atomic E-state index is 11.7. The normalized spacial score (nSPS) is 18.9. The molecule has 0 aromatic carbocycles. The zero-order valence-electron chi connectivity index (χ0n) is 12.2. The number of likely N-dealkylation sites (N-methyl/N-ethyl adjacent to an activating group) is 1. The molecule has 1 aliphatic heterocycles. The lowest BCUT2D eigenvalue weighted by molar-refractivity contribution is -0.122. The van der Waals surface area contributed by atoms with Crippen molar-refractivity contribution in [3.63, 3.8) is 0 Å². The second-order valence-electron chi connectivity index (χ2n) is 5.60. The summed E-state index contributed by atoms with van der Waals surface area (Å²) in [5.41, 5.74) is 0. The van der Waals surface area contributed by atoms with Crippen molar-refractivity contribution < 1.29 is 4.79 Å². The SMILES string of the molecule is CCC(C)NC(=O)CN(C)CCC1CCNCC1. The quantitative estimate of drug-likeness (QED) is 0.719. The molecule has 1 heterocycles. The highest BCUT2D eigenvalue weighted by atomic mass is 16.2. The third-order valence-electron chi connectivity index (χ3n) is 3.81. The van der Waals surface area contributed by atoms with Gasteiger partial charge in [-0.05, 0) is 65.2 Å². The van der Waals surface area contributed by atoms with Gasteiger partial charge in [0.1, 0.15) is 0 Å². The van der Waals surface area contributed by atoms with E-state index < -0.39 is 0 Å². The Kier molecular flexibility index (Phi) is 7.28. The predicted octanol–water partition coefficient (Wildman–Crippen LogP) is 1.22. The first-order valence-corrected chi connectivity index (χ1v) is 7.30. The molecule has 0 aromatic rings. The van der Waals surface area contributed by atoms with Crippen LogP contribution in [0.25, 0.3) is 0 Å². The van der Waals surface area contributed by atoms with Gasteiger partial charge in [-0.25, -0.2) is 0 Å². The van der Waals surface area contributed by atoms with E-state index in [1.54, 1.807) is 0 Å². The van der Waals surface area contributed by atoms with Crippen molar-refractivity contribution in [3.05, 3.63) is 0 Å². The molecule has 1 atom stereocenters. The van der Waals surface area contributed by atoms with E-state index in [0.29, 0.717) is 6.54 Å². The van der Waals surface area contributed by atoms with Crippen LogP contribution in [0, 0.1) is 5.92 Å². The minimum atomic E-state index is 0.150. The van der Waals surface area contributed by atoms with Gasteiger partial charge in [-0.15, -0.1) is 0 Å². The molecule has 0 spiro atoms. The molecule has 0 bridgehead atoms. The summed E-state index contributed by atoms with van der Waals surface area (Å²) in [4.78, 5) is 13.8. The van der Waals surface area contributed by atoms with E-state index in [0.717, 1.165) is 32.0 Å².